The fraction of sp³-hybridized carbons (Fsp3) is 0.300. The van der Waals surface area contributed by atoms with Crippen molar-refractivity contribution in [3.05, 3.63) is 71.5 Å². The third-order valence-electron chi connectivity index (χ3n) is 4.09. The summed E-state index contributed by atoms with van der Waals surface area (Å²) in [6, 6.07) is 12.7. The zero-order chi connectivity index (χ0) is 21.5. The average Bonchev–Trinajstić information content (AvgIpc) is 2.68. The molecule has 9 heteroatoms. The molecule has 1 atom stereocenters. The highest BCUT2D eigenvalue weighted by molar-refractivity contribution is 5.98. The van der Waals surface area contributed by atoms with Gasteiger partial charge in [0.2, 0.25) is 0 Å². The molecule has 0 bridgehead atoms. The highest BCUT2D eigenvalue weighted by Crippen LogP contribution is 2.30. The summed E-state index contributed by atoms with van der Waals surface area (Å²) < 4.78 is 60.3. The molecule has 1 amide bonds. The fourth-order valence-electron chi connectivity index (χ4n) is 2.61. The molecule has 0 unspecified atom stereocenters. The predicted octanol–water partition coefficient (Wildman–Crippen LogP) is 3.21. The minimum atomic E-state index is -5.22. The number of hydrogen-bond acceptors (Lipinski definition) is 4. The molecule has 0 heterocycles. The first kappa shape index (κ1) is 22.4. The van der Waals surface area contributed by atoms with E-state index >= 15 is 0 Å². The van der Waals surface area contributed by atoms with Crippen LogP contribution in [0, 0.1) is 5.82 Å². The van der Waals surface area contributed by atoms with Crippen LogP contribution in [0.3, 0.4) is 0 Å². The van der Waals surface area contributed by atoms with Gasteiger partial charge in [0.05, 0.1) is 6.61 Å². The van der Waals surface area contributed by atoms with Gasteiger partial charge in [0.1, 0.15) is 5.82 Å². The maximum Gasteiger partial charge on any atom is 0.436 e. The van der Waals surface area contributed by atoms with Crippen LogP contribution >= 0.6 is 0 Å². The van der Waals surface area contributed by atoms with E-state index in [9.17, 15) is 27.2 Å². The maximum absolute atomic E-state index is 14.0. The molecule has 2 N–H and O–H groups in total. The van der Waals surface area contributed by atoms with E-state index in [0.717, 1.165) is 0 Å². The number of hydrogen-bond donors (Lipinski definition) is 2. The first-order valence-corrected chi connectivity index (χ1v) is 8.81. The zero-order valence-corrected chi connectivity index (χ0v) is 15.6. The number of rotatable bonds is 8. The predicted molar refractivity (Wildman–Crippen MR) is 97.4 cm³/mol. The first-order chi connectivity index (χ1) is 13.7. The van der Waals surface area contributed by atoms with Gasteiger partial charge in [0.15, 0.2) is 0 Å². The van der Waals surface area contributed by atoms with Crippen LogP contribution < -0.4 is 10.6 Å². The Morgan fingerprint density at radius 2 is 1.62 bits per heavy atom. The van der Waals surface area contributed by atoms with E-state index in [0.29, 0.717) is 0 Å². The van der Waals surface area contributed by atoms with E-state index < -0.39 is 36.1 Å². The van der Waals surface area contributed by atoms with Crippen molar-refractivity contribution in [2.75, 3.05) is 13.2 Å². The van der Waals surface area contributed by atoms with Crippen molar-refractivity contribution in [2.24, 2.45) is 0 Å². The molecule has 0 aliphatic carbocycles. The van der Waals surface area contributed by atoms with Gasteiger partial charge in [0.25, 0.3) is 11.6 Å². The molecule has 0 spiro atoms. The number of carbonyl (C=O) groups is 2. The number of esters is 1. The Morgan fingerprint density at radius 1 is 1.00 bits per heavy atom. The van der Waals surface area contributed by atoms with E-state index in [4.69, 9.17) is 0 Å². The second kappa shape index (κ2) is 9.51. The Hall–Kier alpha value is -2.94. The number of alkyl halides is 3. The molecular formula is C20H20F4N2O3. The Bertz CT molecular complexity index is 843. The van der Waals surface area contributed by atoms with E-state index in [1.54, 1.807) is 11.4 Å². The summed E-state index contributed by atoms with van der Waals surface area (Å²) in [5.74, 6) is -3.41. The fourth-order valence-corrected chi connectivity index (χ4v) is 2.61. The van der Waals surface area contributed by atoms with Crippen LogP contribution in [0.4, 0.5) is 17.6 Å². The molecule has 0 aliphatic heterocycles. The van der Waals surface area contributed by atoms with Gasteiger partial charge in [-0.25, -0.2) is 9.18 Å². The van der Waals surface area contributed by atoms with Crippen molar-refractivity contribution in [3.63, 3.8) is 0 Å². The molecule has 0 aliphatic rings. The number of halogens is 4. The van der Waals surface area contributed by atoms with E-state index in [1.807, 2.05) is 5.32 Å². The van der Waals surface area contributed by atoms with E-state index in [1.165, 1.54) is 55.5 Å². The molecule has 0 saturated carbocycles. The molecule has 156 valence electrons. The molecular weight excluding hydrogens is 392 g/mol. The standard InChI is InChI=1S/C20H20F4N2O3/c1-2-29-18(28)19(20(22,23)24,26-17(27)15-9-4-3-5-10-15)25-13-12-14-8-6-7-11-16(14)21/h3-11,25H,2,12-13H2,1H3,(H,26,27)/t19-/m1/s1. The molecule has 2 aromatic rings. The molecule has 5 nitrogen and oxygen atoms in total. The lowest BCUT2D eigenvalue weighted by Crippen LogP contribution is -2.73. The lowest BCUT2D eigenvalue weighted by molar-refractivity contribution is -0.218. The summed E-state index contributed by atoms with van der Waals surface area (Å²) in [4.78, 5) is 24.7. The molecule has 29 heavy (non-hydrogen) atoms. The lowest BCUT2D eigenvalue weighted by Gasteiger charge is -2.34. The van der Waals surface area contributed by atoms with Crippen LogP contribution in [0.5, 0.6) is 0 Å². The van der Waals surface area contributed by atoms with Crippen LogP contribution in [0.2, 0.25) is 0 Å². The molecule has 0 radical (unpaired) electrons. The zero-order valence-electron chi connectivity index (χ0n) is 15.6. The number of benzene rings is 2. The van der Waals surface area contributed by atoms with Crippen LogP contribution in [-0.2, 0) is 16.0 Å². The van der Waals surface area contributed by atoms with Crippen LogP contribution in [0.15, 0.2) is 54.6 Å². The van der Waals surface area contributed by atoms with Crippen molar-refractivity contribution in [2.45, 2.75) is 25.2 Å². The second-order valence-electron chi connectivity index (χ2n) is 6.06. The first-order valence-electron chi connectivity index (χ1n) is 8.81. The van der Waals surface area contributed by atoms with Gasteiger partial charge in [-0.1, -0.05) is 36.4 Å². The maximum atomic E-state index is 14.0. The van der Waals surface area contributed by atoms with Gasteiger partial charge < -0.3 is 10.1 Å². The summed E-state index contributed by atoms with van der Waals surface area (Å²) in [5, 5.41) is 3.76. The Morgan fingerprint density at radius 3 is 2.21 bits per heavy atom. The highest BCUT2D eigenvalue weighted by atomic mass is 19.4. The second-order valence-corrected chi connectivity index (χ2v) is 6.06. The summed E-state index contributed by atoms with van der Waals surface area (Å²) in [5.41, 5.74) is -3.39. The quantitative estimate of drug-likeness (QED) is 0.397. The van der Waals surface area contributed by atoms with Crippen LogP contribution in [0.25, 0.3) is 0 Å². The molecule has 0 saturated heterocycles. The minimum Gasteiger partial charge on any atom is -0.463 e. The van der Waals surface area contributed by atoms with E-state index in [2.05, 4.69) is 4.74 Å². The SMILES string of the molecule is CCOC(=O)[C@@](NCCc1ccccc1F)(NC(=O)c1ccccc1)C(F)(F)F. The summed E-state index contributed by atoms with van der Waals surface area (Å²) >= 11 is 0. The monoisotopic (exact) mass is 412 g/mol. The Labute approximate surface area is 165 Å². The van der Waals surface area contributed by atoms with Gasteiger partial charge in [-0.05, 0) is 37.1 Å². The largest absolute Gasteiger partial charge is 0.463 e. The third kappa shape index (κ3) is 5.32. The highest BCUT2D eigenvalue weighted by Gasteiger charge is 2.63. The third-order valence-corrected chi connectivity index (χ3v) is 4.09. The Balaban J connectivity index is 2.31. The molecule has 0 fully saturated rings. The van der Waals surface area contributed by atoms with Crippen molar-refractivity contribution in [1.29, 1.82) is 0 Å². The van der Waals surface area contributed by atoms with Gasteiger partial charge in [-0.15, -0.1) is 0 Å². The number of ether oxygens (including phenoxy) is 1. The van der Waals surface area contributed by atoms with Gasteiger partial charge >= 0.3 is 12.1 Å². The lowest BCUT2D eigenvalue weighted by atomic mass is 10.1. The number of carbonyl (C=O) groups excluding carboxylic acids is 2. The van der Waals surface area contributed by atoms with Crippen molar-refractivity contribution in [1.82, 2.24) is 10.6 Å². The van der Waals surface area contributed by atoms with E-state index in [-0.39, 0.29) is 24.2 Å². The van der Waals surface area contributed by atoms with Crippen LogP contribution in [-0.4, -0.2) is 36.9 Å². The smallest absolute Gasteiger partial charge is 0.436 e. The molecule has 2 aromatic carbocycles. The van der Waals surface area contributed by atoms with Gasteiger partial charge in [-0.2, -0.15) is 13.2 Å². The van der Waals surface area contributed by atoms with Crippen molar-refractivity contribution >= 4 is 11.9 Å². The van der Waals surface area contributed by atoms with Crippen LogP contribution in [0.1, 0.15) is 22.8 Å². The van der Waals surface area contributed by atoms with Crippen molar-refractivity contribution in [3.8, 4) is 0 Å². The summed E-state index contributed by atoms with van der Waals surface area (Å²) in [7, 11) is 0. The van der Waals surface area contributed by atoms with Crippen molar-refractivity contribution < 1.29 is 31.9 Å². The summed E-state index contributed by atoms with van der Waals surface area (Å²) in [6.07, 6.45) is -5.37. The number of nitrogens with one attached hydrogen (secondary N) is 2. The normalized spacial score (nSPS) is 13.4. The van der Waals surface area contributed by atoms with Gasteiger partial charge in [0, 0.05) is 12.1 Å². The molecule has 0 aromatic heterocycles. The minimum absolute atomic E-state index is 0.0682. The number of amides is 1. The Kier molecular flexibility index (Phi) is 7.33. The topological polar surface area (TPSA) is 67.4 Å². The molecule has 2 rings (SSSR count). The summed E-state index contributed by atoms with van der Waals surface area (Å²) in [6.45, 7) is 0.568. The van der Waals surface area contributed by atoms with Gasteiger partial charge in [-0.3, -0.25) is 10.1 Å². The average molecular weight is 412 g/mol.